The number of carbonyl (C=O) groups is 1. The molecule has 0 bridgehead atoms. The third kappa shape index (κ3) is 2.16. The number of alkyl halides is 3. The second kappa shape index (κ2) is 3.88. The van der Waals surface area contributed by atoms with E-state index in [0.717, 1.165) is 28.3 Å². The molecular formula is C9H5F3N2O2S. The summed E-state index contributed by atoms with van der Waals surface area (Å²) in [5.74, 6) is -1.62. The van der Waals surface area contributed by atoms with E-state index < -0.39 is 23.3 Å². The highest BCUT2D eigenvalue weighted by atomic mass is 32.1. The lowest BCUT2D eigenvalue weighted by molar-refractivity contribution is -0.138. The van der Waals surface area contributed by atoms with E-state index in [1.807, 2.05) is 0 Å². The smallest absolute Gasteiger partial charge is 0.418 e. The van der Waals surface area contributed by atoms with E-state index in [1.165, 1.54) is 6.20 Å². The summed E-state index contributed by atoms with van der Waals surface area (Å²) < 4.78 is 38.8. The lowest BCUT2D eigenvalue weighted by atomic mass is 10.2. The fourth-order valence-corrected chi connectivity index (χ4v) is 1.90. The Kier molecular flexibility index (Phi) is 2.66. The summed E-state index contributed by atoms with van der Waals surface area (Å²) in [4.78, 5) is 14.5. The molecule has 2 aromatic heterocycles. The number of nitrogens with zero attached hydrogens (tertiary/aromatic N) is 2. The molecule has 17 heavy (non-hydrogen) atoms. The van der Waals surface area contributed by atoms with Gasteiger partial charge in [0.1, 0.15) is 0 Å². The second-order valence-corrected chi connectivity index (χ2v) is 3.98. The first kappa shape index (κ1) is 11.6. The van der Waals surface area contributed by atoms with E-state index >= 15 is 0 Å². The topological polar surface area (TPSA) is 55.1 Å². The number of aromatic nitrogens is 2. The first-order chi connectivity index (χ1) is 7.89. The van der Waals surface area contributed by atoms with Crippen LogP contribution in [0.4, 0.5) is 13.2 Å². The molecule has 8 heteroatoms. The van der Waals surface area contributed by atoms with Crippen LogP contribution in [0.5, 0.6) is 0 Å². The molecule has 1 N–H and O–H groups in total. The number of hydrogen-bond donors (Lipinski definition) is 1. The van der Waals surface area contributed by atoms with Crippen molar-refractivity contribution in [1.82, 2.24) is 9.55 Å². The minimum Gasteiger partial charge on any atom is -0.478 e. The van der Waals surface area contributed by atoms with Crippen molar-refractivity contribution in [3.63, 3.8) is 0 Å². The van der Waals surface area contributed by atoms with Crippen molar-refractivity contribution in [1.29, 1.82) is 0 Å². The molecule has 0 amide bonds. The standard InChI is InChI=1S/C9H5F3N2O2S/c10-9(11,12)6-4-14(3-5(6)7(15)16)8-13-1-2-17-8/h1-4H,(H,15,16). The van der Waals surface area contributed by atoms with Crippen molar-refractivity contribution in [2.24, 2.45) is 0 Å². The molecule has 2 heterocycles. The monoisotopic (exact) mass is 262 g/mol. The molecule has 2 rings (SSSR count). The van der Waals surface area contributed by atoms with Gasteiger partial charge in [0, 0.05) is 24.0 Å². The minimum atomic E-state index is -4.70. The molecule has 0 aliphatic carbocycles. The van der Waals surface area contributed by atoms with Crippen LogP contribution in [-0.2, 0) is 6.18 Å². The Morgan fingerprint density at radius 3 is 2.53 bits per heavy atom. The summed E-state index contributed by atoms with van der Waals surface area (Å²) in [7, 11) is 0. The third-order valence-corrected chi connectivity index (χ3v) is 2.79. The van der Waals surface area contributed by atoms with Crippen LogP contribution in [0.1, 0.15) is 15.9 Å². The average Bonchev–Trinajstić information content (AvgIpc) is 2.85. The maximum atomic E-state index is 12.6. The number of aromatic carboxylic acids is 1. The van der Waals surface area contributed by atoms with Gasteiger partial charge >= 0.3 is 12.1 Å². The fourth-order valence-electron chi connectivity index (χ4n) is 1.30. The van der Waals surface area contributed by atoms with Crippen LogP contribution in [0.25, 0.3) is 5.13 Å². The van der Waals surface area contributed by atoms with E-state index in [-0.39, 0.29) is 5.13 Å². The van der Waals surface area contributed by atoms with Gasteiger partial charge in [-0.3, -0.25) is 4.57 Å². The number of carboxylic acid groups (broad SMARTS) is 1. The predicted octanol–water partition coefficient (Wildman–Crippen LogP) is 2.65. The summed E-state index contributed by atoms with van der Waals surface area (Å²) in [6.45, 7) is 0. The molecule has 0 radical (unpaired) electrons. The van der Waals surface area contributed by atoms with Gasteiger partial charge in [0.15, 0.2) is 5.13 Å². The lowest BCUT2D eigenvalue weighted by Gasteiger charge is -2.03. The minimum absolute atomic E-state index is 0.281. The summed E-state index contributed by atoms with van der Waals surface area (Å²) in [6.07, 6.45) is -1.64. The van der Waals surface area contributed by atoms with Crippen LogP contribution >= 0.6 is 11.3 Å². The van der Waals surface area contributed by atoms with Crippen molar-refractivity contribution in [2.45, 2.75) is 6.18 Å². The van der Waals surface area contributed by atoms with E-state index in [9.17, 15) is 18.0 Å². The molecule has 2 aromatic rings. The molecule has 0 spiro atoms. The zero-order valence-corrected chi connectivity index (χ0v) is 8.92. The fraction of sp³-hybridized carbons (Fsp3) is 0.111. The summed E-state index contributed by atoms with van der Waals surface area (Å²) >= 11 is 1.11. The number of carboxylic acids is 1. The molecule has 0 aliphatic heterocycles. The highest BCUT2D eigenvalue weighted by Crippen LogP contribution is 2.33. The molecule has 0 unspecified atom stereocenters. The van der Waals surface area contributed by atoms with Crippen molar-refractivity contribution in [2.75, 3.05) is 0 Å². The van der Waals surface area contributed by atoms with E-state index in [1.54, 1.807) is 5.38 Å². The third-order valence-electron chi connectivity index (χ3n) is 2.00. The zero-order chi connectivity index (χ0) is 12.6. The van der Waals surface area contributed by atoms with Gasteiger partial charge in [-0.05, 0) is 0 Å². The van der Waals surface area contributed by atoms with Gasteiger partial charge in [-0.25, -0.2) is 9.78 Å². The maximum absolute atomic E-state index is 12.6. The Hall–Kier alpha value is -1.83. The first-order valence-electron chi connectivity index (χ1n) is 4.32. The molecule has 4 nitrogen and oxygen atoms in total. The lowest BCUT2D eigenvalue weighted by Crippen LogP contribution is -2.09. The molecule has 0 atom stereocenters. The number of rotatable bonds is 2. The van der Waals surface area contributed by atoms with Crippen molar-refractivity contribution in [3.05, 3.63) is 35.1 Å². The van der Waals surface area contributed by atoms with Crippen molar-refractivity contribution < 1.29 is 23.1 Å². The van der Waals surface area contributed by atoms with Crippen LogP contribution in [0.2, 0.25) is 0 Å². The number of thiazole rings is 1. The van der Waals surface area contributed by atoms with Crippen LogP contribution in [0.3, 0.4) is 0 Å². The van der Waals surface area contributed by atoms with Crippen LogP contribution < -0.4 is 0 Å². The van der Waals surface area contributed by atoms with E-state index in [0.29, 0.717) is 0 Å². The Morgan fingerprint density at radius 1 is 1.41 bits per heavy atom. The average molecular weight is 262 g/mol. The molecule has 90 valence electrons. The highest BCUT2D eigenvalue weighted by molar-refractivity contribution is 7.12. The van der Waals surface area contributed by atoms with Gasteiger partial charge in [0.2, 0.25) is 0 Å². The molecule has 0 aliphatic rings. The normalized spacial score (nSPS) is 11.7. The maximum Gasteiger partial charge on any atom is 0.418 e. The summed E-state index contributed by atoms with van der Waals surface area (Å²) in [5.41, 5.74) is -1.96. The van der Waals surface area contributed by atoms with Gasteiger partial charge in [-0.15, -0.1) is 11.3 Å². The van der Waals surface area contributed by atoms with Crippen molar-refractivity contribution >= 4 is 17.3 Å². The molecule has 0 fully saturated rings. The van der Waals surface area contributed by atoms with Crippen molar-refractivity contribution in [3.8, 4) is 5.13 Å². The molecular weight excluding hydrogens is 257 g/mol. The predicted molar refractivity (Wildman–Crippen MR) is 53.4 cm³/mol. The second-order valence-electron chi connectivity index (χ2n) is 3.11. The van der Waals surface area contributed by atoms with Gasteiger partial charge in [0.25, 0.3) is 0 Å². The number of halogens is 3. The SMILES string of the molecule is O=C(O)c1cn(-c2nccs2)cc1C(F)(F)F. The van der Waals surface area contributed by atoms with E-state index in [4.69, 9.17) is 5.11 Å². The van der Waals surface area contributed by atoms with E-state index in [2.05, 4.69) is 4.98 Å². The Morgan fingerprint density at radius 2 is 2.12 bits per heavy atom. The summed E-state index contributed by atoms with van der Waals surface area (Å²) in [6, 6.07) is 0. The summed E-state index contributed by atoms with van der Waals surface area (Å²) in [5, 5.41) is 10.6. The Balaban J connectivity index is 2.56. The largest absolute Gasteiger partial charge is 0.478 e. The number of hydrogen-bond acceptors (Lipinski definition) is 3. The molecule has 0 aromatic carbocycles. The molecule has 0 saturated heterocycles. The quantitative estimate of drug-likeness (QED) is 0.905. The van der Waals surface area contributed by atoms with Crippen LogP contribution in [0, 0.1) is 0 Å². The molecule has 0 saturated carbocycles. The van der Waals surface area contributed by atoms with Gasteiger partial charge in [-0.2, -0.15) is 13.2 Å². The van der Waals surface area contributed by atoms with Crippen LogP contribution in [0.15, 0.2) is 24.0 Å². The Labute approximate surface area is 96.9 Å². The van der Waals surface area contributed by atoms with Gasteiger partial charge in [-0.1, -0.05) is 0 Å². The Bertz CT molecular complexity index is 545. The first-order valence-corrected chi connectivity index (χ1v) is 5.20. The van der Waals surface area contributed by atoms with Gasteiger partial charge < -0.3 is 5.11 Å². The van der Waals surface area contributed by atoms with Gasteiger partial charge in [0.05, 0.1) is 11.1 Å². The zero-order valence-electron chi connectivity index (χ0n) is 8.10. The highest BCUT2D eigenvalue weighted by Gasteiger charge is 2.37. The van der Waals surface area contributed by atoms with Crippen LogP contribution in [-0.4, -0.2) is 20.6 Å².